The average Bonchev–Trinajstić information content (AvgIpc) is 2.22. The number of halogens is 2. The summed E-state index contributed by atoms with van der Waals surface area (Å²) in [5.41, 5.74) is 1.03. The van der Waals surface area contributed by atoms with Crippen LogP contribution in [0.4, 0.5) is 4.39 Å². The van der Waals surface area contributed by atoms with Gasteiger partial charge in [0.1, 0.15) is 5.82 Å². The van der Waals surface area contributed by atoms with E-state index in [1.807, 2.05) is 6.07 Å². The zero-order chi connectivity index (χ0) is 12.0. The van der Waals surface area contributed by atoms with E-state index in [-0.39, 0.29) is 5.82 Å². The highest BCUT2D eigenvalue weighted by Crippen LogP contribution is 2.16. The van der Waals surface area contributed by atoms with Gasteiger partial charge in [0.15, 0.2) is 0 Å². The van der Waals surface area contributed by atoms with Gasteiger partial charge in [0.25, 0.3) is 0 Å². The highest BCUT2D eigenvalue weighted by molar-refractivity contribution is 9.10. The van der Waals surface area contributed by atoms with Crippen LogP contribution >= 0.6 is 15.9 Å². The van der Waals surface area contributed by atoms with Crippen LogP contribution in [-0.4, -0.2) is 18.0 Å². The minimum atomic E-state index is -0.170. The molecule has 0 fully saturated rings. The Morgan fingerprint density at radius 3 is 2.56 bits per heavy atom. The lowest BCUT2D eigenvalue weighted by atomic mass is 10.2. The minimum absolute atomic E-state index is 0.170. The third kappa shape index (κ3) is 4.62. The molecular formula is C13H19BrFN. The van der Waals surface area contributed by atoms with E-state index in [0.29, 0.717) is 0 Å². The molecule has 0 bridgehead atoms. The summed E-state index contributed by atoms with van der Waals surface area (Å²) in [5, 5.41) is 0. The number of hydrogen-bond donors (Lipinski definition) is 0. The third-order valence-electron chi connectivity index (χ3n) is 2.60. The lowest BCUT2D eigenvalue weighted by molar-refractivity contribution is 0.275. The van der Waals surface area contributed by atoms with Gasteiger partial charge in [-0.2, -0.15) is 0 Å². The fraction of sp³-hybridized carbons (Fsp3) is 0.538. The first-order valence-electron chi connectivity index (χ1n) is 5.83. The molecule has 0 N–H and O–H groups in total. The highest BCUT2D eigenvalue weighted by Gasteiger charge is 2.05. The van der Waals surface area contributed by atoms with Crippen LogP contribution in [-0.2, 0) is 6.54 Å². The number of unbranched alkanes of at least 4 members (excludes halogenated alkanes) is 1. The Balaban J connectivity index is 2.62. The van der Waals surface area contributed by atoms with E-state index in [0.717, 1.165) is 29.7 Å². The average molecular weight is 288 g/mol. The second-order valence-electron chi connectivity index (χ2n) is 4.00. The van der Waals surface area contributed by atoms with E-state index < -0.39 is 0 Å². The largest absolute Gasteiger partial charge is 0.299 e. The lowest BCUT2D eigenvalue weighted by Crippen LogP contribution is -2.23. The van der Waals surface area contributed by atoms with Crippen molar-refractivity contribution in [2.24, 2.45) is 0 Å². The van der Waals surface area contributed by atoms with Gasteiger partial charge >= 0.3 is 0 Å². The molecule has 0 heterocycles. The molecule has 0 saturated carbocycles. The molecule has 0 aliphatic carbocycles. The molecule has 16 heavy (non-hydrogen) atoms. The van der Waals surface area contributed by atoms with Crippen LogP contribution in [0.15, 0.2) is 22.7 Å². The number of nitrogens with zero attached hydrogens (tertiary/aromatic N) is 1. The molecule has 1 rings (SSSR count). The quantitative estimate of drug-likeness (QED) is 0.758. The molecule has 0 aromatic heterocycles. The maximum Gasteiger partial charge on any atom is 0.124 e. The fourth-order valence-electron chi connectivity index (χ4n) is 1.69. The molecule has 0 saturated heterocycles. The van der Waals surface area contributed by atoms with Crippen LogP contribution in [0, 0.1) is 5.82 Å². The summed E-state index contributed by atoms with van der Waals surface area (Å²) in [6, 6.07) is 5.09. The first-order valence-corrected chi connectivity index (χ1v) is 6.62. The van der Waals surface area contributed by atoms with Crippen molar-refractivity contribution in [3.05, 3.63) is 34.1 Å². The van der Waals surface area contributed by atoms with Crippen LogP contribution < -0.4 is 0 Å². The predicted octanol–water partition coefficient (Wildman–Crippen LogP) is 4.21. The van der Waals surface area contributed by atoms with Crippen molar-refractivity contribution < 1.29 is 4.39 Å². The maximum absolute atomic E-state index is 13.2. The van der Waals surface area contributed by atoms with Crippen LogP contribution in [0.25, 0.3) is 0 Å². The van der Waals surface area contributed by atoms with Gasteiger partial charge in [-0.3, -0.25) is 4.90 Å². The Kier molecular flexibility index (Phi) is 5.99. The molecule has 1 aromatic rings. The first kappa shape index (κ1) is 13.7. The van der Waals surface area contributed by atoms with Crippen molar-refractivity contribution in [1.82, 2.24) is 4.90 Å². The molecule has 3 heteroatoms. The third-order valence-corrected chi connectivity index (χ3v) is 3.06. The van der Waals surface area contributed by atoms with Crippen molar-refractivity contribution in [1.29, 1.82) is 0 Å². The van der Waals surface area contributed by atoms with E-state index in [2.05, 4.69) is 34.7 Å². The molecule has 0 radical (unpaired) electrons. The molecule has 1 aromatic carbocycles. The van der Waals surface area contributed by atoms with Crippen molar-refractivity contribution in [3.8, 4) is 0 Å². The van der Waals surface area contributed by atoms with E-state index in [9.17, 15) is 4.39 Å². The molecule has 90 valence electrons. The predicted molar refractivity (Wildman–Crippen MR) is 70.0 cm³/mol. The van der Waals surface area contributed by atoms with Crippen molar-refractivity contribution in [3.63, 3.8) is 0 Å². The zero-order valence-electron chi connectivity index (χ0n) is 9.97. The van der Waals surface area contributed by atoms with Gasteiger partial charge in [-0.1, -0.05) is 36.2 Å². The second-order valence-corrected chi connectivity index (χ2v) is 4.92. The monoisotopic (exact) mass is 287 g/mol. The zero-order valence-corrected chi connectivity index (χ0v) is 11.6. The molecule has 0 aliphatic heterocycles. The normalized spacial score (nSPS) is 11.1. The Morgan fingerprint density at radius 1 is 1.25 bits per heavy atom. The Hall–Kier alpha value is -0.410. The van der Waals surface area contributed by atoms with Crippen molar-refractivity contribution in [2.75, 3.05) is 13.1 Å². The van der Waals surface area contributed by atoms with Gasteiger partial charge in [-0.05, 0) is 43.3 Å². The van der Waals surface area contributed by atoms with E-state index in [4.69, 9.17) is 0 Å². The standard InChI is InChI=1S/C13H19BrFN/c1-3-5-6-16(4-2)10-11-7-12(14)9-13(15)8-11/h7-9H,3-6,10H2,1-2H3. The van der Waals surface area contributed by atoms with Crippen LogP contribution in [0.5, 0.6) is 0 Å². The summed E-state index contributed by atoms with van der Waals surface area (Å²) in [5.74, 6) is -0.170. The van der Waals surface area contributed by atoms with Gasteiger partial charge in [0.2, 0.25) is 0 Å². The van der Waals surface area contributed by atoms with Gasteiger partial charge < -0.3 is 0 Å². The number of rotatable bonds is 6. The fourth-order valence-corrected chi connectivity index (χ4v) is 2.20. The lowest BCUT2D eigenvalue weighted by Gasteiger charge is -2.20. The summed E-state index contributed by atoms with van der Waals surface area (Å²) < 4.78 is 14.0. The highest BCUT2D eigenvalue weighted by atomic mass is 79.9. The summed E-state index contributed by atoms with van der Waals surface area (Å²) in [4.78, 5) is 2.34. The van der Waals surface area contributed by atoms with Crippen LogP contribution in [0.2, 0.25) is 0 Å². The first-order chi connectivity index (χ1) is 7.65. The molecule has 0 amide bonds. The Morgan fingerprint density at radius 2 is 2.00 bits per heavy atom. The molecule has 0 atom stereocenters. The smallest absolute Gasteiger partial charge is 0.124 e. The van der Waals surface area contributed by atoms with Gasteiger partial charge in [0, 0.05) is 11.0 Å². The van der Waals surface area contributed by atoms with Crippen molar-refractivity contribution >= 4 is 15.9 Å². The SMILES string of the molecule is CCCCN(CC)Cc1cc(F)cc(Br)c1. The van der Waals surface area contributed by atoms with E-state index >= 15 is 0 Å². The maximum atomic E-state index is 13.2. The summed E-state index contributed by atoms with van der Waals surface area (Å²) in [7, 11) is 0. The van der Waals surface area contributed by atoms with Crippen LogP contribution in [0.1, 0.15) is 32.3 Å². The number of benzene rings is 1. The van der Waals surface area contributed by atoms with E-state index in [1.54, 1.807) is 6.07 Å². The minimum Gasteiger partial charge on any atom is -0.299 e. The molecule has 0 spiro atoms. The summed E-state index contributed by atoms with van der Waals surface area (Å²) >= 11 is 3.32. The Bertz CT molecular complexity index is 307. The summed E-state index contributed by atoms with van der Waals surface area (Å²) in [6.07, 6.45) is 2.40. The topological polar surface area (TPSA) is 3.24 Å². The Labute approximate surface area is 106 Å². The molecule has 1 nitrogen and oxygen atoms in total. The van der Waals surface area contributed by atoms with Crippen LogP contribution in [0.3, 0.4) is 0 Å². The molecule has 0 unspecified atom stereocenters. The number of hydrogen-bond acceptors (Lipinski definition) is 1. The molecular weight excluding hydrogens is 269 g/mol. The van der Waals surface area contributed by atoms with Gasteiger partial charge in [0.05, 0.1) is 0 Å². The summed E-state index contributed by atoms with van der Waals surface area (Å²) in [6.45, 7) is 7.25. The van der Waals surface area contributed by atoms with E-state index in [1.165, 1.54) is 18.9 Å². The molecule has 0 aliphatic rings. The second kappa shape index (κ2) is 7.02. The van der Waals surface area contributed by atoms with Gasteiger partial charge in [-0.15, -0.1) is 0 Å². The van der Waals surface area contributed by atoms with Gasteiger partial charge in [-0.25, -0.2) is 4.39 Å². The van der Waals surface area contributed by atoms with Crippen molar-refractivity contribution in [2.45, 2.75) is 33.2 Å².